The Labute approximate surface area is 388 Å². The highest BCUT2D eigenvalue weighted by atomic mass is 16.7. The number of hydrogen-bond acceptors (Lipinski definition) is 8. The normalized spacial score (nSPS) is 20.1. The molecule has 0 aromatic carbocycles. The lowest BCUT2D eigenvalue weighted by atomic mass is 9.99. The number of carbonyl (C=O) groups excluding carboxylic acids is 1. The monoisotopic (exact) mass is 896 g/mol. The molecule has 374 valence electrons. The average molecular weight is 896 g/mol. The zero-order valence-corrected chi connectivity index (χ0v) is 41.4. The van der Waals surface area contributed by atoms with Crippen molar-refractivity contribution in [2.24, 2.45) is 0 Å². The van der Waals surface area contributed by atoms with Gasteiger partial charge < -0.3 is 40.3 Å². The Hall–Kier alpha value is -1.07. The minimum Gasteiger partial charge on any atom is -0.394 e. The molecule has 9 nitrogen and oxygen atoms in total. The predicted molar refractivity (Wildman–Crippen MR) is 263 cm³/mol. The fourth-order valence-electron chi connectivity index (χ4n) is 8.98. The summed E-state index contributed by atoms with van der Waals surface area (Å²) in [6.07, 6.45) is 47.0. The third-order valence-corrected chi connectivity index (χ3v) is 13.4. The smallest absolute Gasteiger partial charge is 0.220 e. The number of amides is 1. The van der Waals surface area contributed by atoms with Crippen LogP contribution in [0.15, 0.2) is 12.2 Å². The van der Waals surface area contributed by atoms with E-state index >= 15 is 0 Å². The molecular formula is C54H105NO8. The van der Waals surface area contributed by atoms with E-state index in [4.69, 9.17) is 9.47 Å². The van der Waals surface area contributed by atoms with E-state index in [0.717, 1.165) is 38.5 Å². The van der Waals surface area contributed by atoms with Gasteiger partial charge in [-0.1, -0.05) is 257 Å². The van der Waals surface area contributed by atoms with Crippen LogP contribution in [0.3, 0.4) is 0 Å². The summed E-state index contributed by atoms with van der Waals surface area (Å²) >= 11 is 0. The van der Waals surface area contributed by atoms with Crippen LogP contribution in [0.1, 0.15) is 271 Å². The van der Waals surface area contributed by atoms with Gasteiger partial charge in [-0.2, -0.15) is 0 Å². The summed E-state index contributed by atoms with van der Waals surface area (Å²) in [6, 6.07) is -0.799. The molecule has 0 aliphatic carbocycles. The van der Waals surface area contributed by atoms with Gasteiger partial charge >= 0.3 is 0 Å². The quantitative estimate of drug-likeness (QED) is 0.0261. The number of nitrogens with one attached hydrogen (secondary N) is 1. The fourth-order valence-corrected chi connectivity index (χ4v) is 8.98. The number of aliphatic hydroxyl groups is 5. The van der Waals surface area contributed by atoms with Crippen molar-refractivity contribution in [3.63, 3.8) is 0 Å². The number of rotatable bonds is 47. The molecule has 1 amide bonds. The van der Waals surface area contributed by atoms with E-state index in [0.29, 0.717) is 6.42 Å². The van der Waals surface area contributed by atoms with E-state index in [2.05, 4.69) is 19.2 Å². The summed E-state index contributed by atoms with van der Waals surface area (Å²) in [6.45, 7) is 3.81. The van der Waals surface area contributed by atoms with E-state index in [1.165, 1.54) is 212 Å². The van der Waals surface area contributed by atoms with Gasteiger partial charge in [0.25, 0.3) is 0 Å². The molecule has 0 saturated carbocycles. The first-order valence-corrected chi connectivity index (χ1v) is 27.4. The summed E-state index contributed by atoms with van der Waals surface area (Å²) in [5, 5.41) is 54.4. The maximum absolute atomic E-state index is 13.0. The van der Waals surface area contributed by atoms with Gasteiger partial charge in [0.2, 0.25) is 5.91 Å². The molecule has 1 saturated heterocycles. The summed E-state index contributed by atoms with van der Waals surface area (Å²) in [5.74, 6) is -0.171. The van der Waals surface area contributed by atoms with Crippen LogP contribution >= 0.6 is 0 Å². The first kappa shape index (κ1) is 59.9. The molecule has 0 aromatic rings. The molecule has 1 aliphatic heterocycles. The molecule has 1 heterocycles. The molecule has 0 aromatic heterocycles. The highest BCUT2D eigenvalue weighted by Gasteiger charge is 2.44. The van der Waals surface area contributed by atoms with Crippen LogP contribution in [0.25, 0.3) is 0 Å². The molecule has 1 fully saturated rings. The number of hydrogen-bond donors (Lipinski definition) is 6. The third kappa shape index (κ3) is 34.8. The van der Waals surface area contributed by atoms with Gasteiger partial charge in [0.05, 0.1) is 25.4 Å². The molecule has 7 atom stereocenters. The second kappa shape index (κ2) is 44.7. The Bertz CT molecular complexity index is 997. The zero-order valence-electron chi connectivity index (χ0n) is 41.4. The van der Waals surface area contributed by atoms with Crippen LogP contribution in [0.4, 0.5) is 0 Å². The Morgan fingerprint density at radius 2 is 0.873 bits per heavy atom. The lowest BCUT2D eigenvalue weighted by molar-refractivity contribution is -0.302. The van der Waals surface area contributed by atoms with Gasteiger partial charge in [-0.05, 0) is 19.3 Å². The largest absolute Gasteiger partial charge is 0.394 e. The maximum Gasteiger partial charge on any atom is 0.220 e. The van der Waals surface area contributed by atoms with E-state index in [1.807, 2.05) is 6.08 Å². The second-order valence-corrected chi connectivity index (χ2v) is 19.4. The van der Waals surface area contributed by atoms with Gasteiger partial charge in [-0.25, -0.2) is 0 Å². The summed E-state index contributed by atoms with van der Waals surface area (Å²) < 4.78 is 11.3. The summed E-state index contributed by atoms with van der Waals surface area (Å²) in [4.78, 5) is 13.0. The highest BCUT2D eigenvalue weighted by molar-refractivity contribution is 5.76. The van der Waals surface area contributed by atoms with Crippen LogP contribution in [0, 0.1) is 0 Å². The van der Waals surface area contributed by atoms with Crippen molar-refractivity contribution in [2.45, 2.75) is 314 Å². The average Bonchev–Trinajstić information content (AvgIpc) is 3.28. The van der Waals surface area contributed by atoms with Gasteiger partial charge in [0.15, 0.2) is 6.29 Å². The molecule has 63 heavy (non-hydrogen) atoms. The lowest BCUT2D eigenvalue weighted by Gasteiger charge is -2.40. The topological polar surface area (TPSA) is 149 Å². The first-order valence-electron chi connectivity index (χ1n) is 27.4. The number of allylic oxidation sites excluding steroid dienone is 1. The van der Waals surface area contributed by atoms with Crippen LogP contribution in [0.2, 0.25) is 0 Å². The van der Waals surface area contributed by atoms with E-state index in [1.54, 1.807) is 6.08 Å². The molecule has 7 unspecified atom stereocenters. The highest BCUT2D eigenvalue weighted by Crippen LogP contribution is 2.23. The molecular weight excluding hydrogens is 791 g/mol. The number of carbonyl (C=O) groups is 1. The van der Waals surface area contributed by atoms with E-state index < -0.39 is 49.5 Å². The Morgan fingerprint density at radius 1 is 0.524 bits per heavy atom. The molecule has 1 rings (SSSR count). The van der Waals surface area contributed by atoms with E-state index in [9.17, 15) is 30.3 Å². The number of aliphatic hydroxyl groups excluding tert-OH is 5. The minimum absolute atomic E-state index is 0.171. The molecule has 0 spiro atoms. The minimum atomic E-state index is -1.56. The fraction of sp³-hybridized carbons (Fsp3) is 0.944. The standard InChI is InChI=1S/C54H105NO8/c1-3-5-7-9-11-13-15-17-19-21-22-23-24-25-26-27-28-30-32-34-36-38-40-42-44-50(58)55-47(46-62-54-53(61)52(60)51(59)49(45-56)63-54)48(57)43-41-39-37-35-33-31-29-20-18-16-14-12-10-8-6-4-2/h41,43,47-49,51-54,56-57,59-61H,3-40,42,44-46H2,1-2H3,(H,55,58)/b43-41+. The van der Waals surface area contributed by atoms with Crippen LogP contribution in [-0.2, 0) is 14.3 Å². The first-order chi connectivity index (χ1) is 30.8. The number of ether oxygens (including phenoxy) is 2. The van der Waals surface area contributed by atoms with Crippen molar-refractivity contribution in [3.8, 4) is 0 Å². The van der Waals surface area contributed by atoms with Crippen LogP contribution < -0.4 is 5.32 Å². The molecule has 0 radical (unpaired) electrons. The Kier molecular flexibility index (Phi) is 42.6. The van der Waals surface area contributed by atoms with Crippen LogP contribution in [0.5, 0.6) is 0 Å². The molecule has 1 aliphatic rings. The van der Waals surface area contributed by atoms with Crippen molar-refractivity contribution in [1.82, 2.24) is 5.32 Å². The van der Waals surface area contributed by atoms with Crippen molar-refractivity contribution in [2.75, 3.05) is 13.2 Å². The van der Waals surface area contributed by atoms with Crippen molar-refractivity contribution >= 4 is 5.91 Å². The lowest BCUT2D eigenvalue weighted by Crippen LogP contribution is -2.60. The van der Waals surface area contributed by atoms with Crippen molar-refractivity contribution in [3.05, 3.63) is 12.2 Å². The SMILES string of the molecule is CCCCCCCCCCCCCCCC/C=C/C(O)C(COC1OC(CO)C(O)C(O)C1O)NC(=O)CCCCCCCCCCCCCCCCCCCCCCCCCC. The zero-order chi connectivity index (χ0) is 45.9. The second-order valence-electron chi connectivity index (χ2n) is 19.4. The van der Waals surface area contributed by atoms with Gasteiger partial charge in [0, 0.05) is 6.42 Å². The van der Waals surface area contributed by atoms with Gasteiger partial charge in [-0.3, -0.25) is 4.79 Å². The summed E-state index contributed by atoms with van der Waals surface area (Å²) in [5.41, 5.74) is 0. The molecule has 9 heteroatoms. The van der Waals surface area contributed by atoms with Crippen molar-refractivity contribution in [1.29, 1.82) is 0 Å². The molecule has 0 bridgehead atoms. The van der Waals surface area contributed by atoms with E-state index in [-0.39, 0.29) is 12.5 Å². The Morgan fingerprint density at radius 3 is 1.24 bits per heavy atom. The maximum atomic E-state index is 13.0. The predicted octanol–water partition coefficient (Wildman–Crippen LogP) is 12.8. The number of unbranched alkanes of at least 4 members (excludes halogenated alkanes) is 37. The van der Waals surface area contributed by atoms with Gasteiger partial charge in [-0.15, -0.1) is 0 Å². The van der Waals surface area contributed by atoms with Crippen molar-refractivity contribution < 1.29 is 39.8 Å². The Balaban J connectivity index is 2.22. The summed E-state index contributed by atoms with van der Waals surface area (Å²) in [7, 11) is 0. The van der Waals surface area contributed by atoms with Crippen LogP contribution in [-0.4, -0.2) is 87.5 Å². The third-order valence-electron chi connectivity index (χ3n) is 13.4. The molecule has 6 N–H and O–H groups in total. The van der Waals surface area contributed by atoms with Gasteiger partial charge in [0.1, 0.15) is 24.4 Å².